The molecule has 0 radical (unpaired) electrons. The lowest BCUT2D eigenvalue weighted by Crippen LogP contribution is -3.13. The quantitative estimate of drug-likeness (QED) is 0.428. The summed E-state index contributed by atoms with van der Waals surface area (Å²) in [4.78, 5) is 0. The van der Waals surface area contributed by atoms with Crippen LogP contribution in [0.2, 0.25) is 0 Å². The van der Waals surface area contributed by atoms with Crippen LogP contribution < -0.4 is 10.4 Å². The van der Waals surface area contributed by atoms with Crippen molar-refractivity contribution in [2.45, 2.75) is 12.6 Å². The van der Waals surface area contributed by atoms with E-state index in [9.17, 15) is 5.21 Å². The summed E-state index contributed by atoms with van der Waals surface area (Å²) in [6.45, 7) is 0.697. The van der Waals surface area contributed by atoms with Gasteiger partial charge < -0.3 is 15.6 Å². The van der Waals surface area contributed by atoms with Gasteiger partial charge in [0.1, 0.15) is 0 Å². The Morgan fingerprint density at radius 2 is 2.60 bits per heavy atom. The highest BCUT2D eigenvalue weighted by atomic mass is 16.5. The minimum absolute atomic E-state index is 0.00579. The first-order chi connectivity index (χ1) is 4.88. The van der Waals surface area contributed by atoms with Gasteiger partial charge in [0.2, 0.25) is 0 Å². The Labute approximate surface area is 59.6 Å². The Morgan fingerprint density at radius 1 is 1.70 bits per heavy atom. The normalized spacial score (nSPS) is 36.7. The van der Waals surface area contributed by atoms with Crippen molar-refractivity contribution >= 4 is 0 Å². The van der Waals surface area contributed by atoms with E-state index in [1.165, 1.54) is 0 Å². The monoisotopic (exact) mass is 138 g/mol. The summed E-state index contributed by atoms with van der Waals surface area (Å²) >= 11 is 0. The van der Waals surface area contributed by atoms with E-state index in [0.717, 1.165) is 12.0 Å². The molecule has 3 nitrogen and oxygen atoms in total. The van der Waals surface area contributed by atoms with Gasteiger partial charge in [-0.3, -0.25) is 0 Å². The lowest BCUT2D eigenvalue weighted by atomic mass is 10.1. The van der Waals surface area contributed by atoms with E-state index >= 15 is 0 Å². The molecule has 2 atom stereocenters. The maximum atomic E-state index is 11.1. The zero-order valence-corrected chi connectivity index (χ0v) is 5.63. The van der Waals surface area contributed by atoms with Crippen molar-refractivity contribution in [2.75, 3.05) is 6.54 Å². The molecule has 0 saturated carbocycles. The predicted molar refractivity (Wildman–Crippen MR) is 38.0 cm³/mol. The van der Waals surface area contributed by atoms with Gasteiger partial charge >= 0.3 is 0 Å². The van der Waals surface area contributed by atoms with Gasteiger partial charge in [0.05, 0.1) is 6.54 Å². The van der Waals surface area contributed by atoms with Gasteiger partial charge in [-0.25, -0.2) is 0 Å². The summed E-state index contributed by atoms with van der Waals surface area (Å²) in [6, 6.07) is 0. The molecule has 2 rings (SSSR count). The van der Waals surface area contributed by atoms with Gasteiger partial charge in [-0.05, 0) is 6.08 Å². The average molecular weight is 138 g/mol. The van der Waals surface area contributed by atoms with Crippen LogP contribution in [0.1, 0.15) is 6.42 Å². The smallest absolute Gasteiger partial charge is 0.186 e. The van der Waals surface area contributed by atoms with Crippen molar-refractivity contribution in [3.8, 4) is 0 Å². The molecule has 0 amide bonds. The van der Waals surface area contributed by atoms with Gasteiger partial charge in [-0.1, -0.05) is 6.08 Å². The van der Waals surface area contributed by atoms with E-state index in [2.05, 4.69) is 11.4 Å². The van der Waals surface area contributed by atoms with E-state index < -0.39 is 0 Å². The van der Waals surface area contributed by atoms with Crippen LogP contribution in [0, 0.1) is 5.21 Å². The number of nitrogens with one attached hydrogen (secondary N) is 2. The van der Waals surface area contributed by atoms with Crippen molar-refractivity contribution in [1.82, 2.24) is 5.32 Å². The van der Waals surface area contributed by atoms with Crippen LogP contribution in [0.3, 0.4) is 0 Å². The molecule has 0 bridgehead atoms. The van der Waals surface area contributed by atoms with Crippen molar-refractivity contribution in [3.05, 3.63) is 29.1 Å². The molecule has 54 valence electrons. The van der Waals surface area contributed by atoms with Gasteiger partial charge in [0.25, 0.3) is 0 Å². The van der Waals surface area contributed by atoms with Gasteiger partial charge in [0, 0.05) is 18.2 Å². The first kappa shape index (κ1) is 5.95. The highest BCUT2D eigenvalue weighted by Crippen LogP contribution is 2.09. The maximum Gasteiger partial charge on any atom is 0.186 e. The molecule has 2 aliphatic rings. The second kappa shape index (κ2) is 2.11. The van der Waals surface area contributed by atoms with Crippen molar-refractivity contribution in [1.29, 1.82) is 0 Å². The van der Waals surface area contributed by atoms with E-state index in [0.29, 0.717) is 11.6 Å². The Morgan fingerprint density at radius 3 is 3.40 bits per heavy atom. The SMILES string of the molecule is [O-][NH+]1CCC=C2C=CNC21. The number of hydroxylamine groups is 2. The zero-order chi connectivity index (χ0) is 6.97. The fourth-order valence-electron chi connectivity index (χ4n) is 1.42. The summed E-state index contributed by atoms with van der Waals surface area (Å²) in [6.07, 6.45) is 6.86. The molecule has 0 aromatic carbocycles. The van der Waals surface area contributed by atoms with E-state index in [1.807, 2.05) is 12.3 Å². The molecule has 0 aromatic heterocycles. The Balaban J connectivity index is 2.23. The number of quaternary nitrogens is 1. The molecule has 10 heavy (non-hydrogen) atoms. The molecule has 0 fully saturated rings. The van der Waals surface area contributed by atoms with Crippen LogP contribution in [0.25, 0.3) is 0 Å². The van der Waals surface area contributed by atoms with Crippen molar-refractivity contribution < 1.29 is 5.06 Å². The lowest BCUT2D eigenvalue weighted by Gasteiger charge is -2.32. The number of hydrogen-bond acceptors (Lipinski definition) is 2. The molecule has 0 spiro atoms. The zero-order valence-electron chi connectivity index (χ0n) is 5.63. The standard InChI is InChI=1S/C7H10N2O/c10-9-5-1-2-6-3-4-8-7(6)9/h2-4,7-9H,1,5H2. The molecule has 2 unspecified atom stereocenters. The Kier molecular flexibility index (Phi) is 1.25. The molecular weight excluding hydrogens is 128 g/mol. The minimum atomic E-state index is -0.00579. The van der Waals surface area contributed by atoms with Crippen LogP contribution >= 0.6 is 0 Å². The van der Waals surface area contributed by atoms with Crippen LogP contribution in [-0.2, 0) is 0 Å². The van der Waals surface area contributed by atoms with Gasteiger partial charge in [0.15, 0.2) is 6.17 Å². The third-order valence-corrected chi connectivity index (χ3v) is 1.96. The number of hydrogen-bond donors (Lipinski definition) is 2. The molecule has 2 heterocycles. The first-order valence-electron chi connectivity index (χ1n) is 3.53. The summed E-state index contributed by atoms with van der Waals surface area (Å²) < 4.78 is 0. The largest absolute Gasteiger partial charge is 0.633 e. The highest BCUT2D eigenvalue weighted by molar-refractivity contribution is 5.28. The summed E-state index contributed by atoms with van der Waals surface area (Å²) in [5.41, 5.74) is 1.15. The molecule has 2 aliphatic heterocycles. The van der Waals surface area contributed by atoms with Crippen LogP contribution in [0.15, 0.2) is 23.9 Å². The second-order valence-electron chi connectivity index (χ2n) is 2.64. The van der Waals surface area contributed by atoms with Crippen LogP contribution in [0.5, 0.6) is 0 Å². The molecule has 0 aromatic rings. The average Bonchev–Trinajstić information content (AvgIpc) is 2.36. The summed E-state index contributed by atoms with van der Waals surface area (Å²) in [5, 5.41) is 14.5. The van der Waals surface area contributed by atoms with Crippen LogP contribution in [-0.4, -0.2) is 12.7 Å². The summed E-state index contributed by atoms with van der Waals surface area (Å²) in [5.74, 6) is 0. The Bertz CT molecular complexity index is 198. The third kappa shape index (κ3) is 0.751. The van der Waals surface area contributed by atoms with E-state index in [1.54, 1.807) is 0 Å². The lowest BCUT2D eigenvalue weighted by molar-refractivity contribution is -0.873. The van der Waals surface area contributed by atoms with Gasteiger partial charge in [-0.15, -0.1) is 0 Å². The van der Waals surface area contributed by atoms with E-state index in [-0.39, 0.29) is 6.17 Å². The van der Waals surface area contributed by atoms with Crippen molar-refractivity contribution in [3.63, 3.8) is 0 Å². The predicted octanol–water partition coefficient (Wildman–Crippen LogP) is -0.858. The number of rotatable bonds is 0. The van der Waals surface area contributed by atoms with E-state index in [4.69, 9.17) is 0 Å². The molecule has 0 saturated heterocycles. The molecule has 0 aliphatic carbocycles. The highest BCUT2D eigenvalue weighted by Gasteiger charge is 2.23. The topological polar surface area (TPSA) is 39.5 Å². The Hall–Kier alpha value is -0.800. The maximum absolute atomic E-state index is 11.1. The van der Waals surface area contributed by atoms with Gasteiger partial charge in [-0.2, -0.15) is 0 Å². The molecular formula is C7H10N2O. The van der Waals surface area contributed by atoms with Crippen LogP contribution in [0.4, 0.5) is 0 Å². The third-order valence-electron chi connectivity index (χ3n) is 1.96. The second-order valence-corrected chi connectivity index (χ2v) is 2.64. The number of fused-ring (bicyclic) bond motifs is 1. The fraction of sp³-hybridized carbons (Fsp3) is 0.429. The fourth-order valence-corrected chi connectivity index (χ4v) is 1.42. The minimum Gasteiger partial charge on any atom is -0.633 e. The molecule has 3 heteroatoms. The molecule has 2 N–H and O–H groups in total. The first-order valence-corrected chi connectivity index (χ1v) is 3.53. The summed E-state index contributed by atoms with van der Waals surface area (Å²) in [7, 11) is 0. The van der Waals surface area contributed by atoms with Crippen molar-refractivity contribution in [2.24, 2.45) is 0 Å².